The predicted octanol–water partition coefficient (Wildman–Crippen LogP) is 0.883. The summed E-state index contributed by atoms with van der Waals surface area (Å²) < 4.78 is 0. The van der Waals surface area contributed by atoms with Crippen LogP contribution in [0.25, 0.3) is 0 Å². The minimum absolute atomic E-state index is 0. The minimum atomic E-state index is 0. The van der Waals surface area contributed by atoms with Crippen LogP contribution in [0, 0.1) is 0 Å². The van der Waals surface area contributed by atoms with E-state index in [0.29, 0.717) is 5.12 Å². The summed E-state index contributed by atoms with van der Waals surface area (Å²) in [5.74, 6) is 0.943. The van der Waals surface area contributed by atoms with Crippen molar-refractivity contribution in [3.05, 3.63) is 0 Å². The highest BCUT2D eigenvalue weighted by atomic mass is 35.5. The average Bonchev–Trinajstić information content (AvgIpc) is 1.66. The standard InChI is InChI=1S/C5H11NOS.ClH/c1-5(7)8-4-3-6-2;/h6H,3-4H2,1-2H3;1H/p+1. The van der Waals surface area contributed by atoms with Gasteiger partial charge in [-0.2, -0.15) is 0 Å². The molecule has 9 heavy (non-hydrogen) atoms. The number of hydrogen-bond donors (Lipinski definition) is 1. The van der Waals surface area contributed by atoms with Crippen LogP contribution in [0.1, 0.15) is 6.92 Å². The molecule has 2 N–H and O–H groups in total. The molecule has 0 heterocycles. The van der Waals surface area contributed by atoms with Crippen molar-refractivity contribution in [3.63, 3.8) is 0 Å². The Morgan fingerprint density at radius 1 is 1.67 bits per heavy atom. The van der Waals surface area contributed by atoms with Crippen LogP contribution in [-0.4, -0.2) is 29.3 Å². The highest BCUT2D eigenvalue weighted by molar-refractivity contribution is 8.13. The third-order valence-electron chi connectivity index (χ3n) is 0.663. The Kier molecular flexibility index (Phi) is 11.0. The van der Waals surface area contributed by atoms with Gasteiger partial charge in [0.25, 0.3) is 0 Å². The molecule has 0 aliphatic rings. The fraction of sp³-hybridized carbons (Fsp3) is 0.800. The Labute approximate surface area is 66.2 Å². The first-order chi connectivity index (χ1) is 3.77. The van der Waals surface area contributed by atoms with E-state index in [1.165, 1.54) is 11.8 Å². The van der Waals surface area contributed by atoms with Crippen molar-refractivity contribution in [2.45, 2.75) is 6.92 Å². The number of carbonyl (C=O) groups excluding carboxylic acids is 1. The Hall–Kier alpha value is 0.270. The van der Waals surface area contributed by atoms with Gasteiger partial charge < -0.3 is 5.32 Å². The van der Waals surface area contributed by atoms with Crippen molar-refractivity contribution < 1.29 is 4.79 Å². The molecule has 0 atom stereocenters. The van der Waals surface area contributed by atoms with Crippen LogP contribution in [-0.2, 0) is 0 Å². The summed E-state index contributed by atoms with van der Waals surface area (Å²) in [6, 6.07) is 0. The van der Waals surface area contributed by atoms with E-state index in [1.54, 1.807) is 6.92 Å². The van der Waals surface area contributed by atoms with E-state index < -0.39 is 0 Å². The Morgan fingerprint density at radius 2 is 2.22 bits per heavy atom. The van der Waals surface area contributed by atoms with Crippen LogP contribution in [0.4, 0.5) is 0 Å². The first kappa shape index (κ1) is 12.0. The number of rotatable bonds is 3. The third-order valence-corrected chi connectivity index (χ3v) is 1.49. The van der Waals surface area contributed by atoms with Crippen molar-refractivity contribution in [1.82, 2.24) is 5.32 Å². The Morgan fingerprint density at radius 3 is 2.56 bits per heavy atom. The van der Waals surface area contributed by atoms with Gasteiger partial charge in [0.2, 0.25) is 0 Å². The fourth-order valence-corrected chi connectivity index (χ4v) is 0.902. The monoisotopic (exact) mass is 170 g/mol. The molecule has 0 fully saturated rings. The van der Waals surface area contributed by atoms with Gasteiger partial charge in [0.05, 0.1) is 6.92 Å². The SMILES string of the molecule is CNCCSC(C)=[OH+].Cl. The summed E-state index contributed by atoms with van der Waals surface area (Å²) >= 11 is 1.47. The summed E-state index contributed by atoms with van der Waals surface area (Å²) in [4.78, 5) is 8.63. The van der Waals surface area contributed by atoms with Crippen LogP contribution >= 0.6 is 24.2 Å². The quantitative estimate of drug-likeness (QED) is 0.504. The van der Waals surface area contributed by atoms with Gasteiger partial charge in [0.1, 0.15) is 0 Å². The van der Waals surface area contributed by atoms with E-state index in [1.807, 2.05) is 7.05 Å². The van der Waals surface area contributed by atoms with E-state index in [2.05, 4.69) is 5.32 Å². The zero-order chi connectivity index (χ0) is 6.41. The topological polar surface area (TPSA) is 33.4 Å². The van der Waals surface area contributed by atoms with Crippen molar-refractivity contribution in [3.8, 4) is 0 Å². The van der Waals surface area contributed by atoms with Crippen LogP contribution in [0.3, 0.4) is 0 Å². The molecule has 0 amide bonds. The lowest BCUT2D eigenvalue weighted by Crippen LogP contribution is -2.10. The van der Waals surface area contributed by atoms with Crippen molar-refractivity contribution >= 4 is 29.3 Å². The van der Waals surface area contributed by atoms with Gasteiger partial charge in [0, 0.05) is 12.3 Å². The van der Waals surface area contributed by atoms with Crippen LogP contribution in [0.2, 0.25) is 0 Å². The normalized spacial score (nSPS) is 8.22. The van der Waals surface area contributed by atoms with E-state index in [4.69, 9.17) is 4.79 Å². The number of halogens is 1. The third kappa shape index (κ3) is 11.7. The van der Waals surface area contributed by atoms with Gasteiger partial charge in [-0.15, -0.1) is 12.4 Å². The summed E-state index contributed by atoms with van der Waals surface area (Å²) in [6.07, 6.45) is 0. The Bertz CT molecular complexity index is 79.4. The first-order valence-corrected chi connectivity index (χ1v) is 3.56. The average molecular weight is 171 g/mol. The lowest BCUT2D eigenvalue weighted by atomic mass is 10.8. The molecule has 0 aliphatic carbocycles. The molecular formula is C5H13ClNOS+. The second-order valence-corrected chi connectivity index (χ2v) is 2.76. The fourth-order valence-electron chi connectivity index (χ4n) is 0.301. The van der Waals surface area contributed by atoms with Crippen LogP contribution in [0.5, 0.6) is 0 Å². The summed E-state index contributed by atoms with van der Waals surface area (Å²) in [5.41, 5.74) is 0. The maximum atomic E-state index is 8.63. The van der Waals surface area contributed by atoms with Crippen molar-refractivity contribution in [2.75, 3.05) is 19.3 Å². The molecular weight excluding hydrogens is 158 g/mol. The van der Waals surface area contributed by atoms with Crippen LogP contribution in [0.15, 0.2) is 0 Å². The van der Waals surface area contributed by atoms with Crippen molar-refractivity contribution in [1.29, 1.82) is 0 Å². The van der Waals surface area contributed by atoms with Gasteiger partial charge in [-0.1, -0.05) is 0 Å². The number of thioether (sulfide) groups is 1. The molecule has 4 heteroatoms. The van der Waals surface area contributed by atoms with Crippen LogP contribution < -0.4 is 5.32 Å². The lowest BCUT2D eigenvalue weighted by molar-refractivity contribution is 0.685. The first-order valence-electron chi connectivity index (χ1n) is 2.57. The van der Waals surface area contributed by atoms with Crippen molar-refractivity contribution in [2.24, 2.45) is 0 Å². The van der Waals surface area contributed by atoms with Gasteiger partial charge in [-0.25, -0.2) is 0 Å². The molecule has 0 rings (SSSR count). The smallest absolute Gasteiger partial charge is 0.319 e. The molecule has 0 saturated carbocycles. The lowest BCUT2D eigenvalue weighted by Gasteiger charge is -1.90. The molecule has 0 radical (unpaired) electrons. The molecule has 0 aromatic carbocycles. The van der Waals surface area contributed by atoms with E-state index >= 15 is 0 Å². The zero-order valence-electron chi connectivity index (χ0n) is 5.68. The van der Waals surface area contributed by atoms with Gasteiger partial charge >= 0.3 is 5.12 Å². The highest BCUT2D eigenvalue weighted by Crippen LogP contribution is 1.96. The second-order valence-electron chi connectivity index (χ2n) is 1.47. The summed E-state index contributed by atoms with van der Waals surface area (Å²) in [6.45, 7) is 2.64. The summed E-state index contributed by atoms with van der Waals surface area (Å²) in [7, 11) is 1.90. The molecule has 0 aromatic rings. The molecule has 0 aromatic heterocycles. The summed E-state index contributed by atoms with van der Waals surface area (Å²) in [5, 5.41) is 3.42. The molecule has 0 saturated heterocycles. The molecule has 0 bridgehead atoms. The van der Waals surface area contributed by atoms with E-state index in [0.717, 1.165) is 12.3 Å². The molecule has 0 aliphatic heterocycles. The molecule has 0 spiro atoms. The molecule has 56 valence electrons. The number of nitrogens with one attached hydrogen (secondary N) is 1. The predicted molar refractivity (Wildman–Crippen MR) is 46.2 cm³/mol. The second kappa shape index (κ2) is 8.27. The zero-order valence-corrected chi connectivity index (χ0v) is 7.31. The van der Waals surface area contributed by atoms with Gasteiger partial charge in [-0.3, -0.25) is 4.79 Å². The molecule has 2 nitrogen and oxygen atoms in total. The van der Waals surface area contributed by atoms with Gasteiger partial charge in [-0.05, 0) is 18.8 Å². The largest absolute Gasteiger partial charge is 0.347 e. The van der Waals surface area contributed by atoms with Gasteiger partial charge in [0.15, 0.2) is 0 Å². The molecule has 0 unspecified atom stereocenters. The maximum absolute atomic E-state index is 8.63. The van der Waals surface area contributed by atoms with E-state index in [9.17, 15) is 0 Å². The minimum Gasteiger partial charge on any atom is -0.319 e. The van der Waals surface area contributed by atoms with E-state index in [-0.39, 0.29) is 12.4 Å². The number of hydrogen-bond acceptors (Lipinski definition) is 2. The Balaban J connectivity index is 0. The maximum Gasteiger partial charge on any atom is 0.347 e. The highest BCUT2D eigenvalue weighted by Gasteiger charge is 1.96.